The van der Waals surface area contributed by atoms with Gasteiger partial charge in [-0.2, -0.15) is 0 Å². The van der Waals surface area contributed by atoms with E-state index in [1.807, 2.05) is 38.1 Å². The molecule has 1 rings (SSSR count). The fraction of sp³-hybridized carbons (Fsp3) is 0.467. The van der Waals surface area contributed by atoms with Gasteiger partial charge in [-0.1, -0.05) is 19.1 Å². The fourth-order valence-corrected chi connectivity index (χ4v) is 1.59. The van der Waals surface area contributed by atoms with E-state index < -0.39 is 0 Å². The van der Waals surface area contributed by atoms with Gasteiger partial charge in [0.05, 0.1) is 20.3 Å². The van der Waals surface area contributed by atoms with E-state index in [2.05, 4.69) is 6.92 Å². The van der Waals surface area contributed by atoms with E-state index in [9.17, 15) is 0 Å². The molecular formula is C15H22O3. The number of hydrogen-bond acceptors (Lipinski definition) is 3. The molecule has 3 heteroatoms. The number of allylic oxidation sites excluding steroid dienone is 1. The van der Waals surface area contributed by atoms with Crippen LogP contribution < -0.4 is 14.2 Å². The van der Waals surface area contributed by atoms with Crippen molar-refractivity contribution < 1.29 is 14.2 Å². The minimum Gasteiger partial charge on any atom is -0.493 e. The smallest absolute Gasteiger partial charge is 0.203 e. The Kier molecular flexibility index (Phi) is 5.56. The van der Waals surface area contributed by atoms with Crippen molar-refractivity contribution in [1.82, 2.24) is 0 Å². The lowest BCUT2D eigenvalue weighted by molar-refractivity contribution is 0.198. The van der Waals surface area contributed by atoms with Gasteiger partial charge in [-0.25, -0.2) is 0 Å². The Labute approximate surface area is 109 Å². The van der Waals surface area contributed by atoms with Crippen LogP contribution in [0.4, 0.5) is 0 Å². The molecule has 0 saturated carbocycles. The third kappa shape index (κ3) is 3.42. The molecule has 0 amide bonds. The molecule has 0 spiro atoms. The topological polar surface area (TPSA) is 27.7 Å². The average molecular weight is 250 g/mol. The van der Waals surface area contributed by atoms with Crippen molar-refractivity contribution in [1.29, 1.82) is 0 Å². The largest absolute Gasteiger partial charge is 0.493 e. The van der Waals surface area contributed by atoms with Gasteiger partial charge in [0.15, 0.2) is 11.5 Å². The van der Waals surface area contributed by atoms with Gasteiger partial charge in [-0.05, 0) is 38.0 Å². The molecule has 1 unspecified atom stereocenters. The summed E-state index contributed by atoms with van der Waals surface area (Å²) in [6, 6.07) is 3.89. The zero-order chi connectivity index (χ0) is 13.5. The second-order valence-corrected chi connectivity index (χ2v) is 4.09. The standard InChI is InChI=1S/C15H22O3/c1-6-8-12-9-13(16-4)15(14(10-12)17-5)18-11(3)7-2/h6,8-11H,7H2,1-5H3/b8-6+. The Bertz CT molecular complexity index is 385. The SMILES string of the molecule is C/C=C/c1cc(OC)c(OC(C)CC)c(OC)c1. The van der Waals surface area contributed by atoms with Crippen LogP contribution >= 0.6 is 0 Å². The first-order chi connectivity index (χ1) is 8.65. The number of rotatable bonds is 6. The molecule has 1 atom stereocenters. The van der Waals surface area contributed by atoms with Crippen LogP contribution in [-0.2, 0) is 0 Å². The van der Waals surface area contributed by atoms with Gasteiger partial charge in [0.25, 0.3) is 0 Å². The van der Waals surface area contributed by atoms with Crippen molar-refractivity contribution in [3.8, 4) is 17.2 Å². The molecule has 100 valence electrons. The van der Waals surface area contributed by atoms with Gasteiger partial charge in [-0.3, -0.25) is 0 Å². The Morgan fingerprint density at radius 1 is 1.17 bits per heavy atom. The van der Waals surface area contributed by atoms with Crippen molar-refractivity contribution >= 4 is 6.08 Å². The van der Waals surface area contributed by atoms with Crippen LogP contribution in [0.2, 0.25) is 0 Å². The normalized spacial score (nSPS) is 12.5. The molecule has 0 aliphatic rings. The van der Waals surface area contributed by atoms with Gasteiger partial charge >= 0.3 is 0 Å². The zero-order valence-electron chi connectivity index (χ0n) is 11.8. The molecule has 0 bridgehead atoms. The molecule has 18 heavy (non-hydrogen) atoms. The molecule has 0 aliphatic carbocycles. The number of hydrogen-bond donors (Lipinski definition) is 0. The monoisotopic (exact) mass is 250 g/mol. The van der Waals surface area contributed by atoms with Crippen LogP contribution in [0.25, 0.3) is 6.08 Å². The highest BCUT2D eigenvalue weighted by Crippen LogP contribution is 2.39. The first kappa shape index (κ1) is 14.4. The molecule has 0 heterocycles. The predicted molar refractivity (Wildman–Crippen MR) is 74.6 cm³/mol. The van der Waals surface area contributed by atoms with E-state index in [0.29, 0.717) is 17.2 Å². The van der Waals surface area contributed by atoms with Crippen molar-refractivity contribution in [2.24, 2.45) is 0 Å². The lowest BCUT2D eigenvalue weighted by Gasteiger charge is -2.18. The second kappa shape index (κ2) is 6.94. The summed E-state index contributed by atoms with van der Waals surface area (Å²) < 4.78 is 16.6. The summed E-state index contributed by atoms with van der Waals surface area (Å²) in [5, 5.41) is 0. The maximum Gasteiger partial charge on any atom is 0.203 e. The van der Waals surface area contributed by atoms with E-state index in [1.165, 1.54) is 0 Å². The Balaban J connectivity index is 3.20. The van der Waals surface area contributed by atoms with E-state index >= 15 is 0 Å². The molecule has 0 radical (unpaired) electrons. The summed E-state index contributed by atoms with van der Waals surface area (Å²) in [5.41, 5.74) is 1.03. The van der Waals surface area contributed by atoms with Crippen molar-refractivity contribution in [2.75, 3.05) is 14.2 Å². The van der Waals surface area contributed by atoms with Crippen LogP contribution in [-0.4, -0.2) is 20.3 Å². The first-order valence-corrected chi connectivity index (χ1v) is 6.21. The van der Waals surface area contributed by atoms with Crippen LogP contribution in [0, 0.1) is 0 Å². The number of methoxy groups -OCH3 is 2. The van der Waals surface area contributed by atoms with Gasteiger partial charge in [0, 0.05) is 0 Å². The van der Waals surface area contributed by atoms with E-state index in [1.54, 1.807) is 14.2 Å². The lowest BCUT2D eigenvalue weighted by atomic mass is 10.1. The first-order valence-electron chi connectivity index (χ1n) is 6.21. The molecule has 0 N–H and O–H groups in total. The number of benzene rings is 1. The quantitative estimate of drug-likeness (QED) is 0.766. The lowest BCUT2D eigenvalue weighted by Crippen LogP contribution is -2.11. The van der Waals surface area contributed by atoms with Crippen molar-refractivity contribution in [3.63, 3.8) is 0 Å². The summed E-state index contributed by atoms with van der Waals surface area (Å²) >= 11 is 0. The highest BCUT2D eigenvalue weighted by molar-refractivity contribution is 5.62. The summed E-state index contributed by atoms with van der Waals surface area (Å²) in [4.78, 5) is 0. The predicted octanol–water partition coefficient (Wildman–Crippen LogP) is 3.91. The third-order valence-electron chi connectivity index (χ3n) is 2.74. The van der Waals surface area contributed by atoms with Crippen LogP contribution in [0.3, 0.4) is 0 Å². The molecule has 0 fully saturated rings. The maximum absolute atomic E-state index is 5.87. The summed E-state index contributed by atoms with van der Waals surface area (Å²) in [6.45, 7) is 6.08. The van der Waals surface area contributed by atoms with E-state index in [-0.39, 0.29) is 6.10 Å². The minimum absolute atomic E-state index is 0.125. The van der Waals surface area contributed by atoms with Crippen LogP contribution in [0.15, 0.2) is 18.2 Å². The van der Waals surface area contributed by atoms with Crippen LogP contribution in [0.1, 0.15) is 32.8 Å². The van der Waals surface area contributed by atoms with Gasteiger partial charge in [0.2, 0.25) is 5.75 Å². The van der Waals surface area contributed by atoms with Gasteiger partial charge in [-0.15, -0.1) is 0 Å². The second-order valence-electron chi connectivity index (χ2n) is 4.09. The zero-order valence-corrected chi connectivity index (χ0v) is 11.8. The number of ether oxygens (including phenoxy) is 3. The highest BCUT2D eigenvalue weighted by atomic mass is 16.5. The average Bonchev–Trinajstić information content (AvgIpc) is 2.39. The molecule has 0 aromatic heterocycles. The molecule has 3 nitrogen and oxygen atoms in total. The Morgan fingerprint density at radius 2 is 1.72 bits per heavy atom. The third-order valence-corrected chi connectivity index (χ3v) is 2.74. The summed E-state index contributed by atoms with van der Waals surface area (Å²) in [7, 11) is 3.27. The Morgan fingerprint density at radius 3 is 2.11 bits per heavy atom. The van der Waals surface area contributed by atoms with E-state index in [4.69, 9.17) is 14.2 Å². The minimum atomic E-state index is 0.125. The molecule has 0 saturated heterocycles. The van der Waals surface area contributed by atoms with Gasteiger partial charge in [0.1, 0.15) is 0 Å². The van der Waals surface area contributed by atoms with Crippen molar-refractivity contribution in [3.05, 3.63) is 23.8 Å². The molecule has 1 aromatic carbocycles. The summed E-state index contributed by atoms with van der Waals surface area (Å²) in [6.07, 6.45) is 5.03. The van der Waals surface area contributed by atoms with Crippen LogP contribution in [0.5, 0.6) is 17.2 Å². The highest BCUT2D eigenvalue weighted by Gasteiger charge is 2.15. The Hall–Kier alpha value is -1.64. The fourth-order valence-electron chi connectivity index (χ4n) is 1.59. The molecular weight excluding hydrogens is 228 g/mol. The molecule has 1 aromatic rings. The maximum atomic E-state index is 5.87. The van der Waals surface area contributed by atoms with E-state index in [0.717, 1.165) is 12.0 Å². The summed E-state index contributed by atoms with van der Waals surface area (Å²) in [5.74, 6) is 2.06. The van der Waals surface area contributed by atoms with Crippen molar-refractivity contribution in [2.45, 2.75) is 33.3 Å². The molecule has 0 aliphatic heterocycles. The van der Waals surface area contributed by atoms with Gasteiger partial charge < -0.3 is 14.2 Å².